The highest BCUT2D eigenvalue weighted by atomic mass is 16.6. The van der Waals surface area contributed by atoms with Crippen molar-refractivity contribution in [2.75, 3.05) is 0 Å². The predicted molar refractivity (Wildman–Crippen MR) is 56.4 cm³/mol. The molecule has 4 nitrogen and oxygen atoms in total. The van der Waals surface area contributed by atoms with Crippen LogP contribution in [-0.4, -0.2) is 22.6 Å². The number of hydrogen-bond acceptors (Lipinski definition) is 3. The van der Waals surface area contributed by atoms with Gasteiger partial charge in [0.1, 0.15) is 5.60 Å². The number of rotatable bonds is 2. The fourth-order valence-electron chi connectivity index (χ4n) is 1.19. The van der Waals surface area contributed by atoms with Crippen molar-refractivity contribution in [1.82, 2.24) is 0 Å². The van der Waals surface area contributed by atoms with Crippen molar-refractivity contribution in [2.24, 2.45) is 11.3 Å². The molecule has 0 bridgehead atoms. The van der Waals surface area contributed by atoms with Gasteiger partial charge in [-0.1, -0.05) is 20.8 Å². The molecular formula is C11H20O4. The van der Waals surface area contributed by atoms with Crippen LogP contribution in [0.25, 0.3) is 0 Å². The summed E-state index contributed by atoms with van der Waals surface area (Å²) in [6, 6.07) is 0. The summed E-state index contributed by atoms with van der Waals surface area (Å²) < 4.78 is 5.07. The van der Waals surface area contributed by atoms with Crippen LogP contribution in [0.1, 0.15) is 41.5 Å². The summed E-state index contributed by atoms with van der Waals surface area (Å²) in [5.74, 6) is -2.95. The minimum absolute atomic E-state index is 0.645. The highest BCUT2D eigenvalue weighted by Gasteiger charge is 2.40. The Morgan fingerprint density at radius 3 is 1.67 bits per heavy atom. The predicted octanol–water partition coefficient (Wildman–Crippen LogP) is 2.08. The molecule has 0 unspecified atom stereocenters. The molecule has 0 aromatic carbocycles. The first-order chi connectivity index (χ1) is 6.45. The summed E-state index contributed by atoms with van der Waals surface area (Å²) in [6.45, 7) is 10.3. The second-order valence-corrected chi connectivity index (χ2v) is 5.67. The topological polar surface area (TPSA) is 63.6 Å². The smallest absolute Gasteiger partial charge is 0.321 e. The van der Waals surface area contributed by atoms with Crippen molar-refractivity contribution in [1.29, 1.82) is 0 Å². The van der Waals surface area contributed by atoms with Crippen LogP contribution in [-0.2, 0) is 14.3 Å². The van der Waals surface area contributed by atoms with Gasteiger partial charge in [0.05, 0.1) is 0 Å². The minimum atomic E-state index is -1.14. The van der Waals surface area contributed by atoms with Crippen LogP contribution in [0.4, 0.5) is 0 Å². The van der Waals surface area contributed by atoms with Crippen LogP contribution >= 0.6 is 0 Å². The van der Waals surface area contributed by atoms with Crippen LogP contribution in [0.3, 0.4) is 0 Å². The zero-order valence-corrected chi connectivity index (χ0v) is 10.2. The third-order valence-electron chi connectivity index (χ3n) is 1.76. The fourth-order valence-corrected chi connectivity index (χ4v) is 1.19. The Kier molecular flexibility index (Phi) is 3.91. The van der Waals surface area contributed by atoms with E-state index in [1.807, 2.05) is 0 Å². The van der Waals surface area contributed by atoms with Crippen molar-refractivity contribution < 1.29 is 19.4 Å². The Morgan fingerprint density at radius 1 is 1.07 bits per heavy atom. The molecular weight excluding hydrogens is 196 g/mol. The van der Waals surface area contributed by atoms with Gasteiger partial charge >= 0.3 is 11.9 Å². The van der Waals surface area contributed by atoms with Crippen LogP contribution in [0.2, 0.25) is 0 Å². The quantitative estimate of drug-likeness (QED) is 0.567. The molecule has 0 aromatic rings. The average molecular weight is 216 g/mol. The summed E-state index contributed by atoms with van der Waals surface area (Å²) in [5, 5.41) is 8.98. The highest BCUT2D eigenvalue weighted by molar-refractivity contribution is 5.94. The second kappa shape index (κ2) is 4.21. The number of ether oxygens (including phenoxy) is 1. The minimum Gasteiger partial charge on any atom is -0.481 e. The lowest BCUT2D eigenvalue weighted by Crippen LogP contribution is -2.40. The molecule has 1 N–H and O–H groups in total. The number of carbonyl (C=O) groups excluding carboxylic acids is 1. The van der Waals surface area contributed by atoms with Gasteiger partial charge in [-0.05, 0) is 26.2 Å². The van der Waals surface area contributed by atoms with Gasteiger partial charge in [-0.3, -0.25) is 9.59 Å². The maximum Gasteiger partial charge on any atom is 0.321 e. The van der Waals surface area contributed by atoms with Gasteiger partial charge in [-0.25, -0.2) is 0 Å². The summed E-state index contributed by atoms with van der Waals surface area (Å²) in [6.07, 6.45) is 0. The van der Waals surface area contributed by atoms with Crippen LogP contribution < -0.4 is 0 Å². The Balaban J connectivity index is 4.82. The van der Waals surface area contributed by atoms with Crippen LogP contribution in [0, 0.1) is 11.3 Å². The van der Waals surface area contributed by atoms with E-state index in [-0.39, 0.29) is 0 Å². The van der Waals surface area contributed by atoms with Crippen molar-refractivity contribution in [3.05, 3.63) is 0 Å². The Morgan fingerprint density at radius 2 is 1.47 bits per heavy atom. The standard InChI is InChI=1S/C11H20O4/c1-10(2,3)7(8(12)13)9(14)15-11(4,5)6/h7H,1-6H3,(H,12,13)/t7-/m1/s1. The van der Waals surface area contributed by atoms with Gasteiger partial charge < -0.3 is 9.84 Å². The van der Waals surface area contributed by atoms with Crippen molar-refractivity contribution in [3.8, 4) is 0 Å². The van der Waals surface area contributed by atoms with Gasteiger partial charge in [0.2, 0.25) is 0 Å². The fraction of sp³-hybridized carbons (Fsp3) is 0.818. The zero-order valence-electron chi connectivity index (χ0n) is 10.2. The first-order valence-corrected chi connectivity index (χ1v) is 4.91. The summed E-state index contributed by atoms with van der Waals surface area (Å²) in [5.41, 5.74) is -1.30. The molecule has 0 rings (SSSR count). The zero-order chi connectivity index (χ0) is 12.4. The number of carbonyl (C=O) groups is 2. The third-order valence-corrected chi connectivity index (χ3v) is 1.76. The molecule has 4 heteroatoms. The number of hydrogen-bond donors (Lipinski definition) is 1. The first-order valence-electron chi connectivity index (χ1n) is 4.91. The molecule has 0 saturated carbocycles. The van der Waals surface area contributed by atoms with E-state index in [4.69, 9.17) is 9.84 Å². The molecule has 88 valence electrons. The third kappa shape index (κ3) is 4.81. The average Bonchev–Trinajstić information content (AvgIpc) is 1.74. The summed E-state index contributed by atoms with van der Waals surface area (Å²) in [7, 11) is 0. The van der Waals surface area contributed by atoms with Crippen LogP contribution in [0.15, 0.2) is 0 Å². The van der Waals surface area contributed by atoms with Crippen molar-refractivity contribution in [2.45, 2.75) is 47.1 Å². The lowest BCUT2D eigenvalue weighted by molar-refractivity contribution is -0.171. The molecule has 0 amide bonds. The number of carboxylic acids is 1. The van der Waals surface area contributed by atoms with Gasteiger partial charge in [0, 0.05) is 0 Å². The van der Waals surface area contributed by atoms with E-state index < -0.39 is 28.9 Å². The van der Waals surface area contributed by atoms with E-state index in [2.05, 4.69) is 0 Å². The van der Waals surface area contributed by atoms with E-state index in [0.29, 0.717) is 0 Å². The maximum atomic E-state index is 11.6. The van der Waals surface area contributed by atoms with Gasteiger partial charge in [0.15, 0.2) is 5.92 Å². The normalized spacial score (nSPS) is 14.5. The number of esters is 1. The molecule has 15 heavy (non-hydrogen) atoms. The van der Waals surface area contributed by atoms with E-state index in [1.54, 1.807) is 41.5 Å². The molecule has 0 radical (unpaired) electrons. The van der Waals surface area contributed by atoms with Crippen LogP contribution in [0.5, 0.6) is 0 Å². The highest BCUT2D eigenvalue weighted by Crippen LogP contribution is 2.28. The Hall–Kier alpha value is -1.06. The lowest BCUT2D eigenvalue weighted by Gasteiger charge is -2.28. The van der Waals surface area contributed by atoms with E-state index >= 15 is 0 Å². The molecule has 1 atom stereocenters. The lowest BCUT2D eigenvalue weighted by atomic mass is 9.81. The second-order valence-electron chi connectivity index (χ2n) is 5.67. The largest absolute Gasteiger partial charge is 0.481 e. The van der Waals surface area contributed by atoms with E-state index in [1.165, 1.54) is 0 Å². The molecule has 0 saturated heterocycles. The summed E-state index contributed by atoms with van der Waals surface area (Å²) >= 11 is 0. The SMILES string of the molecule is CC(C)(C)OC(=O)[C@@H](C(=O)O)C(C)(C)C. The van der Waals surface area contributed by atoms with Crippen molar-refractivity contribution >= 4 is 11.9 Å². The van der Waals surface area contributed by atoms with Gasteiger partial charge in [-0.2, -0.15) is 0 Å². The number of aliphatic carboxylic acids is 1. The van der Waals surface area contributed by atoms with E-state index in [0.717, 1.165) is 0 Å². The molecule has 0 aliphatic rings. The molecule has 0 fully saturated rings. The molecule has 0 aliphatic carbocycles. The van der Waals surface area contributed by atoms with E-state index in [9.17, 15) is 9.59 Å². The van der Waals surface area contributed by atoms with Crippen molar-refractivity contribution in [3.63, 3.8) is 0 Å². The summed E-state index contributed by atoms with van der Waals surface area (Å²) in [4.78, 5) is 22.6. The first kappa shape index (κ1) is 13.9. The molecule has 0 spiro atoms. The van der Waals surface area contributed by atoms with Gasteiger partial charge in [-0.15, -0.1) is 0 Å². The van der Waals surface area contributed by atoms with Gasteiger partial charge in [0.25, 0.3) is 0 Å². The Labute approximate surface area is 90.6 Å². The molecule has 0 aliphatic heterocycles. The molecule has 0 aromatic heterocycles. The Bertz CT molecular complexity index is 255. The number of carboxylic acid groups (broad SMARTS) is 1. The maximum absolute atomic E-state index is 11.6. The molecule has 0 heterocycles. The monoisotopic (exact) mass is 216 g/mol.